The smallest absolute Gasteiger partial charge is 0.371 e. The second-order valence-electron chi connectivity index (χ2n) is 6.07. The standard InChI is InChI=1S/C15H20N2O4/c18-14(19)13-4-3-12(21-13)8-17-15(20)16-7-11-6-9-1-2-10(11)5-9/h3-4,9-11H,1-2,5-8H2,(H,18,19)(H2,16,17,20). The zero-order chi connectivity index (χ0) is 14.8. The van der Waals surface area contributed by atoms with Gasteiger partial charge < -0.3 is 20.2 Å². The summed E-state index contributed by atoms with van der Waals surface area (Å²) >= 11 is 0. The van der Waals surface area contributed by atoms with Gasteiger partial charge in [-0.1, -0.05) is 6.42 Å². The highest BCUT2D eigenvalue weighted by Crippen LogP contribution is 2.47. The Labute approximate surface area is 122 Å². The van der Waals surface area contributed by atoms with Gasteiger partial charge >= 0.3 is 12.0 Å². The molecule has 1 heterocycles. The largest absolute Gasteiger partial charge is 0.475 e. The molecule has 2 amide bonds. The summed E-state index contributed by atoms with van der Waals surface area (Å²) in [7, 11) is 0. The maximum atomic E-state index is 11.7. The molecule has 2 aliphatic carbocycles. The number of carbonyl (C=O) groups is 2. The van der Waals surface area contributed by atoms with Crippen molar-refractivity contribution in [3.8, 4) is 0 Å². The monoisotopic (exact) mass is 292 g/mol. The molecule has 1 aromatic heterocycles. The van der Waals surface area contributed by atoms with E-state index < -0.39 is 5.97 Å². The van der Waals surface area contributed by atoms with Crippen LogP contribution in [-0.2, 0) is 6.54 Å². The quantitative estimate of drug-likeness (QED) is 0.776. The van der Waals surface area contributed by atoms with Crippen molar-refractivity contribution in [2.45, 2.75) is 32.2 Å². The fourth-order valence-corrected chi connectivity index (χ4v) is 3.67. The normalized spacial score (nSPS) is 26.8. The van der Waals surface area contributed by atoms with Crippen LogP contribution in [0.4, 0.5) is 4.79 Å². The van der Waals surface area contributed by atoms with Crippen LogP contribution < -0.4 is 10.6 Å². The molecule has 21 heavy (non-hydrogen) atoms. The molecule has 0 aliphatic heterocycles. The summed E-state index contributed by atoms with van der Waals surface area (Å²) in [6, 6.07) is 2.71. The number of fused-ring (bicyclic) bond motifs is 2. The zero-order valence-electron chi connectivity index (χ0n) is 11.8. The highest BCUT2D eigenvalue weighted by atomic mass is 16.4. The van der Waals surface area contributed by atoms with Gasteiger partial charge in [0.05, 0.1) is 6.54 Å². The van der Waals surface area contributed by atoms with Crippen LogP contribution in [0.5, 0.6) is 0 Å². The fraction of sp³-hybridized carbons (Fsp3) is 0.600. The highest BCUT2D eigenvalue weighted by Gasteiger charge is 2.39. The van der Waals surface area contributed by atoms with Gasteiger partial charge in [0.2, 0.25) is 5.76 Å². The van der Waals surface area contributed by atoms with E-state index in [1.807, 2.05) is 0 Å². The van der Waals surface area contributed by atoms with Gasteiger partial charge in [0.15, 0.2) is 0 Å². The van der Waals surface area contributed by atoms with Crippen molar-refractivity contribution in [1.82, 2.24) is 10.6 Å². The van der Waals surface area contributed by atoms with Crippen molar-refractivity contribution < 1.29 is 19.1 Å². The number of carboxylic acids is 1. The average Bonchev–Trinajstić information content (AvgIpc) is 3.18. The molecule has 3 unspecified atom stereocenters. The number of hydrogen-bond acceptors (Lipinski definition) is 3. The molecule has 0 spiro atoms. The number of carbonyl (C=O) groups excluding carboxylic acids is 1. The predicted octanol–water partition coefficient (Wildman–Crippen LogP) is 2.21. The molecule has 2 fully saturated rings. The van der Waals surface area contributed by atoms with Crippen LogP contribution in [-0.4, -0.2) is 23.7 Å². The van der Waals surface area contributed by atoms with E-state index >= 15 is 0 Å². The summed E-state index contributed by atoms with van der Waals surface area (Å²) < 4.78 is 5.07. The Kier molecular flexibility index (Phi) is 3.86. The maximum Gasteiger partial charge on any atom is 0.371 e. The Bertz CT molecular complexity index is 540. The van der Waals surface area contributed by atoms with Crippen molar-refractivity contribution in [3.05, 3.63) is 23.7 Å². The molecule has 1 aromatic rings. The van der Waals surface area contributed by atoms with Crippen LogP contribution >= 0.6 is 0 Å². The number of nitrogens with one attached hydrogen (secondary N) is 2. The lowest BCUT2D eigenvalue weighted by Gasteiger charge is -2.21. The first-order valence-electron chi connectivity index (χ1n) is 7.45. The number of urea groups is 1. The SMILES string of the molecule is O=C(NCc1ccc(C(=O)O)o1)NCC1CC2CCC1C2. The third-order valence-electron chi connectivity index (χ3n) is 4.70. The predicted molar refractivity (Wildman–Crippen MR) is 74.8 cm³/mol. The maximum absolute atomic E-state index is 11.7. The molecule has 2 saturated carbocycles. The van der Waals surface area contributed by atoms with E-state index in [-0.39, 0.29) is 18.3 Å². The molecule has 0 saturated heterocycles. The summed E-state index contributed by atoms with van der Waals surface area (Å²) in [6.07, 6.45) is 5.24. The zero-order valence-corrected chi connectivity index (χ0v) is 11.8. The van der Waals surface area contributed by atoms with E-state index in [0.29, 0.717) is 11.7 Å². The number of amides is 2. The summed E-state index contributed by atoms with van der Waals surface area (Å²) in [5, 5.41) is 14.3. The first-order chi connectivity index (χ1) is 10.1. The van der Waals surface area contributed by atoms with E-state index in [0.717, 1.165) is 18.4 Å². The number of hydrogen-bond donors (Lipinski definition) is 3. The minimum Gasteiger partial charge on any atom is -0.475 e. The fourth-order valence-electron chi connectivity index (χ4n) is 3.67. The van der Waals surface area contributed by atoms with Crippen molar-refractivity contribution in [2.75, 3.05) is 6.54 Å². The molecule has 3 rings (SSSR count). The molecule has 0 aromatic carbocycles. The summed E-state index contributed by atoms with van der Waals surface area (Å²) in [6.45, 7) is 0.918. The van der Waals surface area contributed by atoms with E-state index in [1.165, 1.54) is 31.7 Å². The molecule has 2 bridgehead atoms. The van der Waals surface area contributed by atoms with Crippen molar-refractivity contribution >= 4 is 12.0 Å². The molecule has 2 aliphatic rings. The van der Waals surface area contributed by atoms with Crippen molar-refractivity contribution in [3.63, 3.8) is 0 Å². The lowest BCUT2D eigenvalue weighted by Crippen LogP contribution is -2.38. The van der Waals surface area contributed by atoms with Gasteiger partial charge in [0, 0.05) is 6.54 Å². The van der Waals surface area contributed by atoms with Crippen LogP contribution in [0.25, 0.3) is 0 Å². The highest BCUT2D eigenvalue weighted by molar-refractivity contribution is 5.84. The molecule has 6 heteroatoms. The van der Waals surface area contributed by atoms with Gasteiger partial charge in [0.25, 0.3) is 0 Å². The van der Waals surface area contributed by atoms with E-state index in [1.54, 1.807) is 6.07 Å². The molecule has 3 N–H and O–H groups in total. The molecule has 6 nitrogen and oxygen atoms in total. The number of aromatic carboxylic acids is 1. The first-order valence-corrected chi connectivity index (χ1v) is 7.45. The van der Waals surface area contributed by atoms with Gasteiger partial charge in [-0.2, -0.15) is 0 Å². The third kappa shape index (κ3) is 3.20. The van der Waals surface area contributed by atoms with Gasteiger partial charge in [0.1, 0.15) is 5.76 Å². The lowest BCUT2D eigenvalue weighted by molar-refractivity contribution is 0.0660. The van der Waals surface area contributed by atoms with E-state index in [9.17, 15) is 9.59 Å². The topological polar surface area (TPSA) is 91.6 Å². The lowest BCUT2D eigenvalue weighted by atomic mass is 9.89. The van der Waals surface area contributed by atoms with Crippen LogP contribution in [0.2, 0.25) is 0 Å². The minimum absolute atomic E-state index is 0.116. The number of carboxylic acid groups (broad SMARTS) is 1. The molecule has 0 radical (unpaired) electrons. The van der Waals surface area contributed by atoms with Gasteiger partial charge in [-0.3, -0.25) is 0 Å². The number of rotatable bonds is 5. The third-order valence-corrected chi connectivity index (χ3v) is 4.70. The molecular formula is C15H20N2O4. The summed E-state index contributed by atoms with van der Waals surface area (Å²) in [4.78, 5) is 22.4. The number of furan rings is 1. The van der Waals surface area contributed by atoms with Crippen LogP contribution in [0.15, 0.2) is 16.5 Å². The molecule has 114 valence electrons. The van der Waals surface area contributed by atoms with Gasteiger partial charge in [-0.25, -0.2) is 9.59 Å². The molecule has 3 atom stereocenters. The van der Waals surface area contributed by atoms with Crippen LogP contribution in [0.3, 0.4) is 0 Å². The Morgan fingerprint density at radius 2 is 2.10 bits per heavy atom. The summed E-state index contributed by atoms with van der Waals surface area (Å²) in [5.41, 5.74) is 0. The summed E-state index contributed by atoms with van der Waals surface area (Å²) in [5.74, 6) is 1.50. The van der Waals surface area contributed by atoms with Gasteiger partial charge in [-0.15, -0.1) is 0 Å². The van der Waals surface area contributed by atoms with Crippen LogP contribution in [0, 0.1) is 17.8 Å². The van der Waals surface area contributed by atoms with Crippen molar-refractivity contribution in [1.29, 1.82) is 0 Å². The molecular weight excluding hydrogens is 272 g/mol. The Balaban J connectivity index is 1.39. The van der Waals surface area contributed by atoms with Crippen LogP contribution in [0.1, 0.15) is 42.0 Å². The second kappa shape index (κ2) is 5.79. The Hall–Kier alpha value is -1.98. The van der Waals surface area contributed by atoms with E-state index in [4.69, 9.17) is 9.52 Å². The minimum atomic E-state index is -1.11. The van der Waals surface area contributed by atoms with Crippen molar-refractivity contribution in [2.24, 2.45) is 17.8 Å². The Morgan fingerprint density at radius 3 is 2.71 bits per heavy atom. The first kappa shape index (κ1) is 14.0. The van der Waals surface area contributed by atoms with Gasteiger partial charge in [-0.05, 0) is 49.1 Å². The Morgan fingerprint density at radius 1 is 1.24 bits per heavy atom. The average molecular weight is 292 g/mol. The second-order valence-corrected chi connectivity index (χ2v) is 6.07. The van der Waals surface area contributed by atoms with E-state index in [2.05, 4.69) is 10.6 Å².